The Balaban J connectivity index is 1.75. The molecule has 128 valence electrons. The smallest absolute Gasteiger partial charge is 0.254 e. The number of likely N-dealkylation sites (tertiary alicyclic amines) is 1. The van der Waals surface area contributed by atoms with E-state index in [4.69, 9.17) is 0 Å². The van der Waals surface area contributed by atoms with Gasteiger partial charge in [0, 0.05) is 19.6 Å². The van der Waals surface area contributed by atoms with Crippen LogP contribution in [0.4, 0.5) is 8.78 Å². The van der Waals surface area contributed by atoms with Gasteiger partial charge >= 0.3 is 0 Å². The summed E-state index contributed by atoms with van der Waals surface area (Å²) in [6.45, 7) is 4.64. The summed E-state index contributed by atoms with van der Waals surface area (Å²) in [6.07, 6.45) is 2.03. The van der Waals surface area contributed by atoms with Crippen LogP contribution in [0.2, 0.25) is 0 Å². The van der Waals surface area contributed by atoms with E-state index in [0.29, 0.717) is 12.5 Å². The molecule has 6 heteroatoms. The van der Waals surface area contributed by atoms with Gasteiger partial charge in [-0.25, -0.2) is 8.78 Å². The van der Waals surface area contributed by atoms with Crippen molar-refractivity contribution in [3.05, 3.63) is 35.4 Å². The molecule has 0 aliphatic carbocycles. The van der Waals surface area contributed by atoms with E-state index in [1.807, 2.05) is 0 Å². The Labute approximate surface area is 136 Å². The molecule has 1 saturated heterocycles. The van der Waals surface area contributed by atoms with Crippen molar-refractivity contribution in [2.24, 2.45) is 5.92 Å². The summed E-state index contributed by atoms with van der Waals surface area (Å²) >= 11 is 0. The normalized spacial score (nSPS) is 16.7. The Bertz CT molecular complexity index is 529. The van der Waals surface area contributed by atoms with Crippen molar-refractivity contribution < 1.29 is 13.6 Å². The van der Waals surface area contributed by atoms with Gasteiger partial charge in [-0.2, -0.15) is 0 Å². The molecule has 23 heavy (non-hydrogen) atoms. The molecule has 1 fully saturated rings. The lowest BCUT2D eigenvalue weighted by molar-refractivity contribution is 0.0930. The van der Waals surface area contributed by atoms with E-state index in [0.717, 1.165) is 57.2 Å². The van der Waals surface area contributed by atoms with Gasteiger partial charge in [-0.3, -0.25) is 4.79 Å². The van der Waals surface area contributed by atoms with E-state index in [9.17, 15) is 13.6 Å². The third kappa shape index (κ3) is 5.55. The molecule has 0 spiro atoms. The molecule has 0 bridgehead atoms. The van der Waals surface area contributed by atoms with Crippen molar-refractivity contribution in [3.8, 4) is 0 Å². The second kappa shape index (κ2) is 8.36. The maximum absolute atomic E-state index is 13.5. The maximum atomic E-state index is 13.5. The van der Waals surface area contributed by atoms with Crippen molar-refractivity contribution in [3.63, 3.8) is 0 Å². The molecule has 4 nitrogen and oxygen atoms in total. The molecule has 2 rings (SSSR count). The highest BCUT2D eigenvalue weighted by atomic mass is 19.1. The van der Waals surface area contributed by atoms with Crippen LogP contribution in [-0.4, -0.2) is 62.5 Å². The Kier molecular flexibility index (Phi) is 6.47. The SMILES string of the molecule is CN(C)CCN1CCC(CNC(=O)c2cc(F)ccc2F)CC1. The molecule has 0 radical (unpaired) electrons. The third-order valence-corrected chi connectivity index (χ3v) is 4.29. The summed E-state index contributed by atoms with van der Waals surface area (Å²) in [5, 5.41) is 2.73. The first-order valence-electron chi connectivity index (χ1n) is 8.06. The van der Waals surface area contributed by atoms with Gasteiger partial charge in [-0.05, 0) is 64.1 Å². The molecule has 1 aliphatic heterocycles. The number of likely N-dealkylation sites (N-methyl/N-ethyl adjacent to an activating group) is 1. The zero-order valence-corrected chi connectivity index (χ0v) is 13.8. The zero-order chi connectivity index (χ0) is 16.8. The monoisotopic (exact) mass is 325 g/mol. The van der Waals surface area contributed by atoms with Gasteiger partial charge in [0.2, 0.25) is 0 Å². The number of nitrogens with one attached hydrogen (secondary N) is 1. The van der Waals surface area contributed by atoms with Gasteiger partial charge in [-0.1, -0.05) is 0 Å². The lowest BCUT2D eigenvalue weighted by atomic mass is 9.96. The molecule has 0 saturated carbocycles. The topological polar surface area (TPSA) is 35.6 Å². The van der Waals surface area contributed by atoms with Gasteiger partial charge in [0.25, 0.3) is 5.91 Å². The largest absolute Gasteiger partial charge is 0.352 e. The predicted octanol–water partition coefficient (Wildman–Crippen LogP) is 1.97. The number of carbonyl (C=O) groups excluding carboxylic acids is 1. The van der Waals surface area contributed by atoms with Gasteiger partial charge in [0.05, 0.1) is 5.56 Å². The maximum Gasteiger partial charge on any atom is 0.254 e. The highest BCUT2D eigenvalue weighted by molar-refractivity contribution is 5.94. The zero-order valence-electron chi connectivity index (χ0n) is 13.8. The lowest BCUT2D eigenvalue weighted by Crippen LogP contribution is -2.41. The van der Waals surface area contributed by atoms with E-state index in [-0.39, 0.29) is 5.56 Å². The van der Waals surface area contributed by atoms with Gasteiger partial charge in [0.15, 0.2) is 0 Å². The molecule has 1 aromatic carbocycles. The van der Waals surface area contributed by atoms with Crippen LogP contribution in [0.25, 0.3) is 0 Å². The second-order valence-electron chi connectivity index (χ2n) is 6.42. The van der Waals surface area contributed by atoms with Gasteiger partial charge < -0.3 is 15.1 Å². The summed E-state index contributed by atoms with van der Waals surface area (Å²) in [5.74, 6) is -1.45. The minimum atomic E-state index is -0.692. The van der Waals surface area contributed by atoms with Crippen LogP contribution in [0.15, 0.2) is 18.2 Å². The van der Waals surface area contributed by atoms with Gasteiger partial charge in [-0.15, -0.1) is 0 Å². The third-order valence-electron chi connectivity index (χ3n) is 4.29. The first-order chi connectivity index (χ1) is 11.0. The number of piperidine rings is 1. The van der Waals surface area contributed by atoms with Crippen molar-refractivity contribution in [2.75, 3.05) is 46.8 Å². The predicted molar refractivity (Wildman–Crippen MR) is 86.4 cm³/mol. The number of halogens is 2. The quantitative estimate of drug-likeness (QED) is 0.869. The summed E-state index contributed by atoms with van der Waals surface area (Å²) in [6, 6.07) is 2.93. The summed E-state index contributed by atoms with van der Waals surface area (Å²) in [5.41, 5.74) is -0.228. The fourth-order valence-electron chi connectivity index (χ4n) is 2.76. The molecule has 0 atom stereocenters. The van der Waals surface area contributed by atoms with Crippen molar-refractivity contribution in [1.82, 2.24) is 15.1 Å². The van der Waals surface area contributed by atoms with E-state index >= 15 is 0 Å². The Morgan fingerprint density at radius 3 is 2.65 bits per heavy atom. The van der Waals surface area contributed by atoms with E-state index in [2.05, 4.69) is 29.2 Å². The number of hydrogen-bond acceptors (Lipinski definition) is 3. The van der Waals surface area contributed by atoms with Crippen LogP contribution in [0.3, 0.4) is 0 Å². The second-order valence-corrected chi connectivity index (χ2v) is 6.42. The molecule has 1 aliphatic rings. The Morgan fingerprint density at radius 1 is 1.30 bits per heavy atom. The summed E-state index contributed by atoms with van der Waals surface area (Å²) in [7, 11) is 4.13. The van der Waals surface area contributed by atoms with E-state index in [1.54, 1.807) is 0 Å². The van der Waals surface area contributed by atoms with E-state index < -0.39 is 17.5 Å². The van der Waals surface area contributed by atoms with E-state index in [1.165, 1.54) is 0 Å². The van der Waals surface area contributed by atoms with Crippen LogP contribution < -0.4 is 5.32 Å². The summed E-state index contributed by atoms with van der Waals surface area (Å²) < 4.78 is 26.7. The molecule has 1 amide bonds. The first kappa shape index (κ1) is 17.8. The van der Waals surface area contributed by atoms with Crippen LogP contribution in [-0.2, 0) is 0 Å². The number of benzene rings is 1. The minimum absolute atomic E-state index is 0.228. The molecule has 1 heterocycles. The molecule has 0 unspecified atom stereocenters. The van der Waals surface area contributed by atoms with Crippen molar-refractivity contribution >= 4 is 5.91 Å². The highest BCUT2D eigenvalue weighted by Crippen LogP contribution is 2.16. The average Bonchev–Trinajstić information content (AvgIpc) is 2.53. The number of hydrogen-bond donors (Lipinski definition) is 1. The first-order valence-corrected chi connectivity index (χ1v) is 8.06. The minimum Gasteiger partial charge on any atom is -0.352 e. The van der Waals surface area contributed by atoms with Gasteiger partial charge in [0.1, 0.15) is 11.6 Å². The number of nitrogens with zero attached hydrogens (tertiary/aromatic N) is 2. The fourth-order valence-corrected chi connectivity index (χ4v) is 2.76. The standard InChI is InChI=1S/C17H25F2N3O/c1-21(2)9-10-22-7-5-13(6-8-22)12-20-17(23)15-11-14(18)3-4-16(15)19/h3-4,11,13H,5-10,12H2,1-2H3,(H,20,23). The highest BCUT2D eigenvalue weighted by Gasteiger charge is 2.20. The van der Waals surface area contributed by atoms with Crippen LogP contribution in [0, 0.1) is 17.6 Å². The van der Waals surface area contributed by atoms with Crippen LogP contribution in [0.1, 0.15) is 23.2 Å². The molecular weight excluding hydrogens is 300 g/mol. The Morgan fingerprint density at radius 2 is 2.00 bits per heavy atom. The van der Waals surface area contributed by atoms with Crippen LogP contribution in [0.5, 0.6) is 0 Å². The van der Waals surface area contributed by atoms with Crippen molar-refractivity contribution in [2.45, 2.75) is 12.8 Å². The molecular formula is C17H25F2N3O. The number of rotatable bonds is 6. The summed E-state index contributed by atoms with van der Waals surface area (Å²) in [4.78, 5) is 16.6. The molecule has 1 N–H and O–H groups in total. The molecule has 1 aromatic rings. The molecule has 0 aromatic heterocycles. The average molecular weight is 325 g/mol. The fraction of sp³-hybridized carbons (Fsp3) is 0.588. The van der Waals surface area contributed by atoms with Crippen LogP contribution >= 0.6 is 0 Å². The number of amides is 1. The lowest BCUT2D eigenvalue weighted by Gasteiger charge is -2.32. The van der Waals surface area contributed by atoms with Crippen molar-refractivity contribution in [1.29, 1.82) is 0 Å². The Hall–Kier alpha value is -1.53. The number of carbonyl (C=O) groups is 1.